The number of hydrogen-bond donors (Lipinski definition) is 1. The van der Waals surface area contributed by atoms with E-state index in [1.54, 1.807) is 6.92 Å². The van der Waals surface area contributed by atoms with Gasteiger partial charge in [-0.05, 0) is 32.4 Å². The van der Waals surface area contributed by atoms with Crippen LogP contribution in [0.25, 0.3) is 0 Å². The van der Waals surface area contributed by atoms with Crippen LogP contribution in [0, 0.1) is 12.3 Å². The molecule has 21 heavy (non-hydrogen) atoms. The normalized spacial score (nSPS) is 19.3. The molecule has 114 valence electrons. The second-order valence-corrected chi connectivity index (χ2v) is 5.62. The van der Waals surface area contributed by atoms with E-state index in [-0.39, 0.29) is 19.1 Å². The van der Waals surface area contributed by atoms with Gasteiger partial charge in [0, 0.05) is 12.8 Å². The molecule has 2 unspecified atom stereocenters. The molecule has 1 aliphatic heterocycles. The zero-order valence-corrected chi connectivity index (χ0v) is 12.5. The number of carboxylic acid groups (broad SMARTS) is 1. The average Bonchev–Trinajstić information content (AvgIpc) is 2.79. The molecule has 0 amide bonds. The van der Waals surface area contributed by atoms with Crippen molar-refractivity contribution < 1.29 is 24.2 Å². The molecule has 0 radical (unpaired) electrons. The SMILES string of the molecule is CCOC(=O)C(C)(CC1Cc2cc(C)ccc2O1)C(=O)O. The first-order chi connectivity index (χ1) is 9.86. The Balaban J connectivity index is 2.13. The Hall–Kier alpha value is -2.04. The number of carboxylic acids is 1. The molecule has 1 aliphatic rings. The molecule has 0 aromatic heterocycles. The molecule has 0 fully saturated rings. The van der Waals surface area contributed by atoms with E-state index in [1.165, 1.54) is 6.92 Å². The van der Waals surface area contributed by atoms with Crippen molar-refractivity contribution in [1.82, 2.24) is 0 Å². The van der Waals surface area contributed by atoms with Gasteiger partial charge >= 0.3 is 11.9 Å². The topological polar surface area (TPSA) is 72.8 Å². The molecule has 0 saturated carbocycles. The summed E-state index contributed by atoms with van der Waals surface area (Å²) in [5, 5.41) is 9.39. The number of rotatable bonds is 5. The van der Waals surface area contributed by atoms with Gasteiger partial charge in [0.25, 0.3) is 0 Å². The van der Waals surface area contributed by atoms with Crippen LogP contribution in [-0.2, 0) is 20.7 Å². The summed E-state index contributed by atoms with van der Waals surface area (Å²) < 4.78 is 10.7. The number of fused-ring (bicyclic) bond motifs is 1. The van der Waals surface area contributed by atoms with Crippen LogP contribution in [0.3, 0.4) is 0 Å². The van der Waals surface area contributed by atoms with Gasteiger partial charge in [-0.15, -0.1) is 0 Å². The van der Waals surface area contributed by atoms with Gasteiger partial charge in [0.2, 0.25) is 0 Å². The minimum atomic E-state index is -1.59. The number of aryl methyl sites for hydroxylation is 1. The molecule has 1 aromatic carbocycles. The lowest BCUT2D eigenvalue weighted by molar-refractivity contribution is -0.169. The van der Waals surface area contributed by atoms with Crippen molar-refractivity contribution in [2.75, 3.05) is 6.61 Å². The number of ether oxygens (including phenoxy) is 2. The van der Waals surface area contributed by atoms with Crippen molar-refractivity contribution in [2.24, 2.45) is 5.41 Å². The van der Waals surface area contributed by atoms with E-state index in [0.29, 0.717) is 6.42 Å². The van der Waals surface area contributed by atoms with E-state index < -0.39 is 17.4 Å². The molecule has 1 aromatic rings. The summed E-state index contributed by atoms with van der Waals surface area (Å²) in [6.07, 6.45) is 0.376. The number of carbonyl (C=O) groups is 2. The summed E-state index contributed by atoms with van der Waals surface area (Å²) in [5.74, 6) is -1.13. The highest BCUT2D eigenvalue weighted by atomic mass is 16.5. The standard InChI is InChI=1S/C16H20O5/c1-4-20-15(19)16(3,14(17)18)9-12-8-11-7-10(2)5-6-13(11)21-12/h5-7,12H,4,8-9H2,1-3H3,(H,17,18). The third-order valence-electron chi connectivity index (χ3n) is 3.79. The maximum Gasteiger partial charge on any atom is 0.323 e. The van der Waals surface area contributed by atoms with Gasteiger partial charge < -0.3 is 14.6 Å². The maximum atomic E-state index is 12.0. The Bertz CT molecular complexity index is 566. The van der Waals surface area contributed by atoms with Crippen LogP contribution in [0.15, 0.2) is 18.2 Å². The highest BCUT2D eigenvalue weighted by molar-refractivity contribution is 5.98. The quantitative estimate of drug-likeness (QED) is 0.666. The fraction of sp³-hybridized carbons (Fsp3) is 0.500. The molecule has 0 saturated heterocycles. The van der Waals surface area contributed by atoms with Gasteiger partial charge in [0.15, 0.2) is 5.41 Å². The van der Waals surface area contributed by atoms with Gasteiger partial charge in [-0.3, -0.25) is 9.59 Å². The number of benzene rings is 1. The van der Waals surface area contributed by atoms with Crippen LogP contribution >= 0.6 is 0 Å². The molecule has 5 nitrogen and oxygen atoms in total. The number of carbonyl (C=O) groups excluding carboxylic acids is 1. The lowest BCUT2D eigenvalue weighted by Gasteiger charge is -2.25. The van der Waals surface area contributed by atoms with E-state index in [0.717, 1.165) is 16.9 Å². The van der Waals surface area contributed by atoms with Crippen LogP contribution in [0.2, 0.25) is 0 Å². The van der Waals surface area contributed by atoms with Crippen molar-refractivity contribution in [3.63, 3.8) is 0 Å². The molecule has 0 aliphatic carbocycles. The zero-order valence-electron chi connectivity index (χ0n) is 12.5. The van der Waals surface area contributed by atoms with Crippen LogP contribution in [0.1, 0.15) is 31.4 Å². The smallest absolute Gasteiger partial charge is 0.323 e. The van der Waals surface area contributed by atoms with Crippen LogP contribution in [0.4, 0.5) is 0 Å². The molecular weight excluding hydrogens is 272 g/mol. The second-order valence-electron chi connectivity index (χ2n) is 5.62. The first-order valence-corrected chi connectivity index (χ1v) is 7.03. The largest absolute Gasteiger partial charge is 0.490 e. The van der Waals surface area contributed by atoms with E-state index in [1.807, 2.05) is 25.1 Å². The van der Waals surface area contributed by atoms with E-state index >= 15 is 0 Å². The van der Waals surface area contributed by atoms with E-state index in [2.05, 4.69) is 0 Å². The Morgan fingerprint density at radius 2 is 2.19 bits per heavy atom. The summed E-state index contributed by atoms with van der Waals surface area (Å²) in [4.78, 5) is 23.5. The third kappa shape index (κ3) is 3.01. The molecule has 5 heteroatoms. The van der Waals surface area contributed by atoms with Crippen LogP contribution in [0.5, 0.6) is 5.75 Å². The summed E-state index contributed by atoms with van der Waals surface area (Å²) in [6.45, 7) is 5.20. The summed E-state index contributed by atoms with van der Waals surface area (Å²) in [7, 11) is 0. The Morgan fingerprint density at radius 1 is 1.48 bits per heavy atom. The molecule has 0 spiro atoms. The Labute approximate surface area is 123 Å². The number of esters is 1. The van der Waals surface area contributed by atoms with Crippen molar-refractivity contribution >= 4 is 11.9 Å². The number of aliphatic carboxylic acids is 1. The lowest BCUT2D eigenvalue weighted by Crippen LogP contribution is -2.41. The Kier molecular flexibility index (Phi) is 4.21. The fourth-order valence-corrected chi connectivity index (χ4v) is 2.57. The maximum absolute atomic E-state index is 12.0. The molecular formula is C16H20O5. The first-order valence-electron chi connectivity index (χ1n) is 7.03. The molecule has 1 N–H and O–H groups in total. The monoisotopic (exact) mass is 292 g/mol. The van der Waals surface area contributed by atoms with Gasteiger partial charge in [0.1, 0.15) is 11.9 Å². The van der Waals surface area contributed by atoms with Gasteiger partial charge in [-0.25, -0.2) is 0 Å². The van der Waals surface area contributed by atoms with Crippen molar-refractivity contribution in [2.45, 2.75) is 39.7 Å². The highest BCUT2D eigenvalue weighted by Crippen LogP contribution is 2.35. The molecule has 2 atom stereocenters. The summed E-state index contributed by atoms with van der Waals surface area (Å²) >= 11 is 0. The summed E-state index contributed by atoms with van der Waals surface area (Å²) in [5.41, 5.74) is 0.596. The van der Waals surface area contributed by atoms with Crippen LogP contribution < -0.4 is 4.74 Å². The fourth-order valence-electron chi connectivity index (χ4n) is 2.57. The minimum Gasteiger partial charge on any atom is -0.490 e. The van der Waals surface area contributed by atoms with E-state index in [4.69, 9.17) is 9.47 Å². The molecule has 0 bridgehead atoms. The predicted molar refractivity (Wildman–Crippen MR) is 76.3 cm³/mol. The highest BCUT2D eigenvalue weighted by Gasteiger charge is 2.46. The third-order valence-corrected chi connectivity index (χ3v) is 3.79. The average molecular weight is 292 g/mol. The van der Waals surface area contributed by atoms with Crippen molar-refractivity contribution in [3.05, 3.63) is 29.3 Å². The zero-order chi connectivity index (χ0) is 15.6. The van der Waals surface area contributed by atoms with Crippen molar-refractivity contribution in [1.29, 1.82) is 0 Å². The Morgan fingerprint density at radius 3 is 2.81 bits per heavy atom. The second kappa shape index (κ2) is 5.76. The molecule has 2 rings (SSSR count). The van der Waals surface area contributed by atoms with Gasteiger partial charge in [0.05, 0.1) is 6.61 Å². The van der Waals surface area contributed by atoms with Crippen LogP contribution in [-0.4, -0.2) is 29.8 Å². The minimum absolute atomic E-state index is 0.0922. The van der Waals surface area contributed by atoms with Gasteiger partial charge in [-0.2, -0.15) is 0 Å². The van der Waals surface area contributed by atoms with E-state index in [9.17, 15) is 14.7 Å². The summed E-state index contributed by atoms with van der Waals surface area (Å²) in [6, 6.07) is 5.86. The van der Waals surface area contributed by atoms with Crippen molar-refractivity contribution in [3.8, 4) is 5.75 Å². The molecule has 1 heterocycles. The predicted octanol–water partition coefficient (Wildman–Crippen LogP) is 2.34. The first kappa shape index (κ1) is 15.4. The lowest BCUT2D eigenvalue weighted by atomic mass is 9.83. The number of hydrogen-bond acceptors (Lipinski definition) is 4. The van der Waals surface area contributed by atoms with Gasteiger partial charge in [-0.1, -0.05) is 17.7 Å².